The first-order valence-electron chi connectivity index (χ1n) is 6.74. The first-order valence-corrected chi connectivity index (χ1v) is 6.74. The maximum absolute atomic E-state index is 9.40. The summed E-state index contributed by atoms with van der Waals surface area (Å²) in [6.07, 6.45) is 2.45. The standard InChI is InChI=1S/C15H24O3/c1-4-6-9-18-14-8-7-13(10-12(3)16)11-15(14)17-5-2/h7-8,11-12,16H,4-6,9-10H2,1-3H3. The van der Waals surface area contributed by atoms with E-state index in [4.69, 9.17) is 9.47 Å². The van der Waals surface area contributed by atoms with E-state index in [1.54, 1.807) is 6.92 Å². The van der Waals surface area contributed by atoms with E-state index >= 15 is 0 Å². The minimum absolute atomic E-state index is 0.341. The third kappa shape index (κ3) is 4.96. The van der Waals surface area contributed by atoms with Gasteiger partial charge in [0.15, 0.2) is 11.5 Å². The molecule has 1 rings (SSSR count). The van der Waals surface area contributed by atoms with Crippen molar-refractivity contribution in [3.8, 4) is 11.5 Å². The predicted molar refractivity (Wildman–Crippen MR) is 73.4 cm³/mol. The van der Waals surface area contributed by atoms with Crippen LogP contribution in [0.2, 0.25) is 0 Å². The molecule has 0 heterocycles. The molecule has 1 aromatic carbocycles. The Bertz CT molecular complexity index is 348. The molecular formula is C15H24O3. The lowest BCUT2D eigenvalue weighted by Crippen LogP contribution is -2.06. The van der Waals surface area contributed by atoms with E-state index in [2.05, 4.69) is 6.92 Å². The fraction of sp³-hybridized carbons (Fsp3) is 0.600. The van der Waals surface area contributed by atoms with Crippen LogP contribution >= 0.6 is 0 Å². The van der Waals surface area contributed by atoms with Crippen LogP contribution in [0.4, 0.5) is 0 Å². The zero-order chi connectivity index (χ0) is 13.4. The molecule has 1 N–H and O–H groups in total. The summed E-state index contributed by atoms with van der Waals surface area (Å²) in [6, 6.07) is 5.87. The minimum atomic E-state index is -0.341. The van der Waals surface area contributed by atoms with Crippen LogP contribution in [0.1, 0.15) is 39.2 Å². The smallest absolute Gasteiger partial charge is 0.161 e. The van der Waals surface area contributed by atoms with Crippen LogP contribution in [-0.2, 0) is 6.42 Å². The number of aliphatic hydroxyl groups excluding tert-OH is 1. The topological polar surface area (TPSA) is 38.7 Å². The lowest BCUT2D eigenvalue weighted by molar-refractivity contribution is 0.195. The van der Waals surface area contributed by atoms with Gasteiger partial charge in [-0.05, 0) is 44.4 Å². The molecule has 0 radical (unpaired) electrons. The second-order valence-electron chi connectivity index (χ2n) is 4.47. The summed E-state index contributed by atoms with van der Waals surface area (Å²) in [6.45, 7) is 7.20. The van der Waals surface area contributed by atoms with Crippen molar-refractivity contribution in [2.75, 3.05) is 13.2 Å². The van der Waals surface area contributed by atoms with Gasteiger partial charge in [-0.3, -0.25) is 0 Å². The summed E-state index contributed by atoms with van der Waals surface area (Å²) in [7, 11) is 0. The van der Waals surface area contributed by atoms with Crippen molar-refractivity contribution in [3.63, 3.8) is 0 Å². The van der Waals surface area contributed by atoms with Crippen LogP contribution in [0.25, 0.3) is 0 Å². The van der Waals surface area contributed by atoms with Gasteiger partial charge in [-0.25, -0.2) is 0 Å². The van der Waals surface area contributed by atoms with Crippen LogP contribution < -0.4 is 9.47 Å². The second-order valence-corrected chi connectivity index (χ2v) is 4.47. The van der Waals surface area contributed by atoms with Gasteiger partial charge in [-0.2, -0.15) is 0 Å². The number of benzene rings is 1. The van der Waals surface area contributed by atoms with Crippen molar-refractivity contribution >= 4 is 0 Å². The fourth-order valence-electron chi connectivity index (χ4n) is 1.73. The lowest BCUT2D eigenvalue weighted by atomic mass is 10.1. The number of ether oxygens (including phenoxy) is 2. The van der Waals surface area contributed by atoms with E-state index in [1.165, 1.54) is 0 Å². The van der Waals surface area contributed by atoms with Gasteiger partial charge >= 0.3 is 0 Å². The highest BCUT2D eigenvalue weighted by Gasteiger charge is 2.08. The summed E-state index contributed by atoms with van der Waals surface area (Å²) in [5.74, 6) is 1.56. The highest BCUT2D eigenvalue weighted by atomic mass is 16.5. The average molecular weight is 252 g/mol. The highest BCUT2D eigenvalue weighted by Crippen LogP contribution is 2.29. The van der Waals surface area contributed by atoms with E-state index < -0.39 is 0 Å². The molecule has 1 atom stereocenters. The Hall–Kier alpha value is -1.22. The Labute approximate surface area is 110 Å². The van der Waals surface area contributed by atoms with Gasteiger partial charge in [-0.15, -0.1) is 0 Å². The molecule has 0 aliphatic carbocycles. The number of unbranched alkanes of at least 4 members (excludes halogenated alkanes) is 1. The molecule has 3 nitrogen and oxygen atoms in total. The van der Waals surface area contributed by atoms with E-state index in [-0.39, 0.29) is 6.10 Å². The van der Waals surface area contributed by atoms with Crippen molar-refractivity contribution in [2.24, 2.45) is 0 Å². The van der Waals surface area contributed by atoms with Gasteiger partial charge in [0.25, 0.3) is 0 Å². The zero-order valence-electron chi connectivity index (χ0n) is 11.6. The Morgan fingerprint density at radius 1 is 1.17 bits per heavy atom. The molecule has 3 heteroatoms. The van der Waals surface area contributed by atoms with E-state index in [1.807, 2.05) is 25.1 Å². The molecule has 0 amide bonds. The first kappa shape index (κ1) is 14.8. The summed E-state index contributed by atoms with van der Waals surface area (Å²) >= 11 is 0. The Morgan fingerprint density at radius 2 is 1.94 bits per heavy atom. The van der Waals surface area contributed by atoms with Crippen molar-refractivity contribution < 1.29 is 14.6 Å². The largest absolute Gasteiger partial charge is 0.490 e. The summed E-state index contributed by atoms with van der Waals surface area (Å²) in [4.78, 5) is 0. The van der Waals surface area contributed by atoms with Crippen LogP contribution in [0, 0.1) is 0 Å². The molecule has 0 bridgehead atoms. The Balaban J connectivity index is 2.75. The summed E-state index contributed by atoms with van der Waals surface area (Å²) in [5.41, 5.74) is 1.07. The second kappa shape index (κ2) is 7.98. The molecule has 0 aliphatic heterocycles. The molecule has 102 valence electrons. The van der Waals surface area contributed by atoms with Crippen molar-refractivity contribution in [2.45, 2.75) is 46.1 Å². The predicted octanol–water partition coefficient (Wildman–Crippen LogP) is 3.19. The number of rotatable bonds is 8. The van der Waals surface area contributed by atoms with E-state index in [0.29, 0.717) is 19.6 Å². The van der Waals surface area contributed by atoms with Crippen molar-refractivity contribution in [1.29, 1.82) is 0 Å². The van der Waals surface area contributed by atoms with Crippen LogP contribution in [-0.4, -0.2) is 24.4 Å². The third-order valence-electron chi connectivity index (χ3n) is 2.59. The molecule has 0 saturated carbocycles. The van der Waals surface area contributed by atoms with Gasteiger partial charge in [0.2, 0.25) is 0 Å². The SMILES string of the molecule is CCCCOc1ccc(CC(C)O)cc1OCC. The molecule has 0 spiro atoms. The fourth-order valence-corrected chi connectivity index (χ4v) is 1.73. The van der Waals surface area contributed by atoms with Crippen LogP contribution in [0.5, 0.6) is 11.5 Å². The van der Waals surface area contributed by atoms with E-state index in [9.17, 15) is 5.11 Å². The number of aliphatic hydroxyl groups is 1. The Morgan fingerprint density at radius 3 is 2.56 bits per heavy atom. The summed E-state index contributed by atoms with van der Waals surface area (Å²) in [5, 5.41) is 9.40. The van der Waals surface area contributed by atoms with Gasteiger partial charge in [0.05, 0.1) is 19.3 Å². The molecule has 0 saturated heterocycles. The molecule has 1 unspecified atom stereocenters. The van der Waals surface area contributed by atoms with Gasteiger partial charge in [-0.1, -0.05) is 19.4 Å². The number of hydrogen-bond donors (Lipinski definition) is 1. The minimum Gasteiger partial charge on any atom is -0.490 e. The third-order valence-corrected chi connectivity index (χ3v) is 2.59. The van der Waals surface area contributed by atoms with Gasteiger partial charge in [0.1, 0.15) is 0 Å². The van der Waals surface area contributed by atoms with E-state index in [0.717, 1.165) is 29.9 Å². The quantitative estimate of drug-likeness (QED) is 0.722. The first-order chi connectivity index (χ1) is 8.67. The molecule has 18 heavy (non-hydrogen) atoms. The number of hydrogen-bond acceptors (Lipinski definition) is 3. The van der Waals surface area contributed by atoms with Crippen LogP contribution in [0.15, 0.2) is 18.2 Å². The van der Waals surface area contributed by atoms with Crippen LogP contribution in [0.3, 0.4) is 0 Å². The zero-order valence-corrected chi connectivity index (χ0v) is 11.6. The molecule has 0 aliphatic rings. The molecule has 0 fully saturated rings. The highest BCUT2D eigenvalue weighted by molar-refractivity contribution is 5.43. The lowest BCUT2D eigenvalue weighted by Gasteiger charge is -2.13. The summed E-state index contributed by atoms with van der Waals surface area (Å²) < 4.78 is 11.3. The average Bonchev–Trinajstić information content (AvgIpc) is 2.32. The van der Waals surface area contributed by atoms with Crippen molar-refractivity contribution in [3.05, 3.63) is 23.8 Å². The van der Waals surface area contributed by atoms with Gasteiger partial charge < -0.3 is 14.6 Å². The molecule has 1 aromatic rings. The molecule has 0 aromatic heterocycles. The maximum atomic E-state index is 9.40. The molecular weight excluding hydrogens is 228 g/mol. The Kier molecular flexibility index (Phi) is 6.58. The monoisotopic (exact) mass is 252 g/mol. The van der Waals surface area contributed by atoms with Gasteiger partial charge in [0, 0.05) is 0 Å². The normalized spacial score (nSPS) is 12.2. The van der Waals surface area contributed by atoms with Crippen molar-refractivity contribution in [1.82, 2.24) is 0 Å². The maximum Gasteiger partial charge on any atom is 0.161 e.